The summed E-state index contributed by atoms with van der Waals surface area (Å²) in [4.78, 5) is 45.8. The number of aromatic nitrogens is 2. The molecule has 1 fully saturated rings. The molecule has 1 N–H and O–H groups in total. The van der Waals surface area contributed by atoms with Crippen molar-refractivity contribution in [3.05, 3.63) is 77.0 Å². The molecular formula is C30H36N6O5. The van der Waals surface area contributed by atoms with Crippen LogP contribution in [0.3, 0.4) is 0 Å². The number of benzene rings is 2. The number of anilines is 2. The van der Waals surface area contributed by atoms with E-state index in [1.807, 2.05) is 49.4 Å². The standard InChI is InChI=1S/C30H36N6O5/c1-4-18-41-30(39)36-25-20-35(29(38)26(40-3)21-8-6-5-7-9-21)19-24(25)27(32-36)31-28(37)22-10-12-23(13-11-22)34-16-14-33(2)15-17-34/h5-13,26H,4,14-20H2,1-3H3,(H,31,32,37). The zero-order valence-corrected chi connectivity index (χ0v) is 23.7. The molecule has 0 spiro atoms. The van der Waals surface area contributed by atoms with Gasteiger partial charge in [0.05, 0.1) is 25.4 Å². The molecule has 2 aliphatic rings. The summed E-state index contributed by atoms with van der Waals surface area (Å²) in [6.45, 7) is 6.28. The molecule has 1 aromatic heterocycles. The monoisotopic (exact) mass is 560 g/mol. The number of methoxy groups -OCH3 is 1. The quantitative estimate of drug-likeness (QED) is 0.446. The van der Waals surface area contributed by atoms with Gasteiger partial charge in [0.15, 0.2) is 11.9 Å². The number of fused-ring (bicyclic) bond motifs is 1. The summed E-state index contributed by atoms with van der Waals surface area (Å²) in [5, 5.41) is 7.25. The fourth-order valence-corrected chi connectivity index (χ4v) is 5.14. The van der Waals surface area contributed by atoms with Gasteiger partial charge in [-0.1, -0.05) is 37.3 Å². The van der Waals surface area contributed by atoms with Crippen molar-refractivity contribution in [2.24, 2.45) is 0 Å². The van der Waals surface area contributed by atoms with Gasteiger partial charge in [-0.25, -0.2) is 4.79 Å². The fraction of sp³-hybridized carbons (Fsp3) is 0.400. The number of ether oxygens (including phenoxy) is 2. The number of nitrogens with one attached hydrogen (secondary N) is 1. The average molecular weight is 561 g/mol. The van der Waals surface area contributed by atoms with Crippen LogP contribution < -0.4 is 10.2 Å². The molecule has 2 aromatic carbocycles. The lowest BCUT2D eigenvalue weighted by molar-refractivity contribution is -0.143. The van der Waals surface area contributed by atoms with E-state index in [-0.39, 0.29) is 37.3 Å². The Hall–Kier alpha value is -4.22. The highest BCUT2D eigenvalue weighted by Gasteiger charge is 2.36. The first-order chi connectivity index (χ1) is 19.9. The Morgan fingerprint density at radius 3 is 2.34 bits per heavy atom. The Morgan fingerprint density at radius 1 is 0.976 bits per heavy atom. The van der Waals surface area contributed by atoms with Crippen LogP contribution in [0.15, 0.2) is 54.6 Å². The highest BCUT2D eigenvalue weighted by molar-refractivity contribution is 6.04. The van der Waals surface area contributed by atoms with E-state index in [4.69, 9.17) is 9.47 Å². The van der Waals surface area contributed by atoms with Crippen LogP contribution in [0.2, 0.25) is 0 Å². The van der Waals surface area contributed by atoms with E-state index in [9.17, 15) is 14.4 Å². The fourth-order valence-electron chi connectivity index (χ4n) is 5.14. The maximum Gasteiger partial charge on any atom is 0.435 e. The van der Waals surface area contributed by atoms with Crippen LogP contribution in [0.5, 0.6) is 0 Å². The molecule has 1 saturated heterocycles. The molecule has 0 aliphatic carbocycles. The Morgan fingerprint density at radius 2 is 1.68 bits per heavy atom. The molecule has 1 unspecified atom stereocenters. The number of rotatable bonds is 8. The van der Waals surface area contributed by atoms with E-state index in [0.717, 1.165) is 42.1 Å². The minimum absolute atomic E-state index is 0.130. The van der Waals surface area contributed by atoms with Crippen molar-refractivity contribution in [2.45, 2.75) is 32.5 Å². The SMILES string of the molecule is CCCOC(=O)n1nc(NC(=O)c2ccc(N3CCN(C)CC3)cc2)c2c1CN(C(=O)C(OC)c1ccccc1)C2. The van der Waals surface area contributed by atoms with E-state index in [2.05, 4.69) is 27.3 Å². The van der Waals surface area contributed by atoms with Crippen LogP contribution >= 0.6 is 0 Å². The van der Waals surface area contributed by atoms with Crippen molar-refractivity contribution in [3.63, 3.8) is 0 Å². The minimum atomic E-state index is -0.800. The lowest BCUT2D eigenvalue weighted by Crippen LogP contribution is -2.44. The van der Waals surface area contributed by atoms with Crippen molar-refractivity contribution in [3.8, 4) is 0 Å². The molecule has 2 aliphatic heterocycles. The zero-order chi connectivity index (χ0) is 28.9. The number of hydrogen-bond acceptors (Lipinski definition) is 8. The molecule has 3 heterocycles. The van der Waals surface area contributed by atoms with Crippen molar-refractivity contribution in [1.29, 1.82) is 0 Å². The Bertz CT molecular complexity index is 1380. The first-order valence-electron chi connectivity index (χ1n) is 13.9. The number of carbonyl (C=O) groups is 3. The van der Waals surface area contributed by atoms with E-state index in [1.54, 1.807) is 17.0 Å². The number of amides is 2. The Kier molecular flexibility index (Phi) is 8.65. The van der Waals surface area contributed by atoms with Crippen LogP contribution in [0.4, 0.5) is 16.3 Å². The third-order valence-electron chi connectivity index (χ3n) is 7.49. The molecule has 11 heteroatoms. The second-order valence-corrected chi connectivity index (χ2v) is 10.3. The van der Waals surface area contributed by atoms with E-state index in [0.29, 0.717) is 23.2 Å². The average Bonchev–Trinajstić information content (AvgIpc) is 3.58. The molecule has 41 heavy (non-hydrogen) atoms. The zero-order valence-electron chi connectivity index (χ0n) is 23.7. The van der Waals surface area contributed by atoms with Crippen LogP contribution in [0, 0.1) is 0 Å². The molecule has 3 aromatic rings. The number of carbonyl (C=O) groups excluding carboxylic acids is 3. The molecule has 5 rings (SSSR count). The normalized spacial score (nSPS) is 15.9. The largest absolute Gasteiger partial charge is 0.448 e. The van der Waals surface area contributed by atoms with E-state index >= 15 is 0 Å². The van der Waals surface area contributed by atoms with Gasteiger partial charge in [0.1, 0.15) is 0 Å². The second kappa shape index (κ2) is 12.5. The molecule has 11 nitrogen and oxygen atoms in total. The van der Waals surface area contributed by atoms with Gasteiger partial charge in [0.25, 0.3) is 11.8 Å². The van der Waals surface area contributed by atoms with Gasteiger partial charge in [0, 0.05) is 50.1 Å². The van der Waals surface area contributed by atoms with E-state index < -0.39 is 12.2 Å². The van der Waals surface area contributed by atoms with Gasteiger partial charge in [-0.2, -0.15) is 4.68 Å². The third-order valence-corrected chi connectivity index (χ3v) is 7.49. The van der Waals surface area contributed by atoms with E-state index in [1.165, 1.54) is 7.11 Å². The summed E-state index contributed by atoms with van der Waals surface area (Å²) in [6.07, 6.45) is -0.800. The molecule has 0 saturated carbocycles. The lowest BCUT2D eigenvalue weighted by Gasteiger charge is -2.34. The van der Waals surface area contributed by atoms with Gasteiger partial charge < -0.3 is 29.5 Å². The summed E-state index contributed by atoms with van der Waals surface area (Å²) < 4.78 is 12.0. The first kappa shape index (κ1) is 28.3. The maximum absolute atomic E-state index is 13.5. The van der Waals surface area contributed by atoms with Crippen LogP contribution in [-0.4, -0.2) is 84.4 Å². The molecule has 2 amide bonds. The molecule has 216 valence electrons. The molecule has 1 atom stereocenters. The minimum Gasteiger partial charge on any atom is -0.448 e. The predicted octanol–water partition coefficient (Wildman–Crippen LogP) is 3.51. The molecule has 0 bridgehead atoms. The molecule has 0 radical (unpaired) electrons. The summed E-state index contributed by atoms with van der Waals surface area (Å²) in [7, 11) is 3.60. The van der Waals surface area contributed by atoms with Gasteiger partial charge in [0.2, 0.25) is 0 Å². The second-order valence-electron chi connectivity index (χ2n) is 10.3. The van der Waals surface area contributed by atoms with Crippen molar-refractivity contribution in [2.75, 3.05) is 57.2 Å². The van der Waals surface area contributed by atoms with Crippen LogP contribution in [0.1, 0.15) is 46.6 Å². The van der Waals surface area contributed by atoms with Gasteiger partial charge >= 0.3 is 6.09 Å². The van der Waals surface area contributed by atoms with Crippen molar-refractivity contribution in [1.82, 2.24) is 19.6 Å². The highest BCUT2D eigenvalue weighted by Crippen LogP contribution is 2.32. The van der Waals surface area contributed by atoms with Crippen molar-refractivity contribution < 1.29 is 23.9 Å². The first-order valence-corrected chi connectivity index (χ1v) is 13.9. The maximum atomic E-state index is 13.5. The summed E-state index contributed by atoms with van der Waals surface area (Å²) >= 11 is 0. The van der Waals surface area contributed by atoms with Crippen molar-refractivity contribution >= 4 is 29.4 Å². The number of piperazine rings is 1. The Labute approximate surface area is 239 Å². The third kappa shape index (κ3) is 6.10. The van der Waals surface area contributed by atoms with Gasteiger partial charge in [-0.05, 0) is 43.3 Å². The van der Waals surface area contributed by atoms with Gasteiger partial charge in [-0.15, -0.1) is 5.10 Å². The highest BCUT2D eigenvalue weighted by atomic mass is 16.6. The summed E-state index contributed by atoms with van der Waals surface area (Å²) in [5.74, 6) is -0.376. The number of nitrogens with zero attached hydrogens (tertiary/aromatic N) is 5. The van der Waals surface area contributed by atoms with Crippen LogP contribution in [0.25, 0.3) is 0 Å². The lowest BCUT2D eigenvalue weighted by atomic mass is 10.1. The number of hydrogen-bond donors (Lipinski definition) is 1. The summed E-state index contributed by atoms with van der Waals surface area (Å²) in [5.41, 5.74) is 3.36. The smallest absolute Gasteiger partial charge is 0.435 e. The van der Waals surface area contributed by atoms with Crippen LogP contribution in [-0.2, 0) is 27.4 Å². The molecular weight excluding hydrogens is 524 g/mol. The summed E-state index contributed by atoms with van der Waals surface area (Å²) in [6, 6.07) is 16.7. The Balaban J connectivity index is 1.35. The van der Waals surface area contributed by atoms with Gasteiger partial charge in [-0.3, -0.25) is 9.59 Å². The predicted molar refractivity (Wildman–Crippen MR) is 154 cm³/mol. The number of likely N-dealkylation sites (N-methyl/N-ethyl adjacent to an activating group) is 1. The topological polar surface area (TPSA) is 109 Å².